The molecule has 1 atom stereocenters. The standard InChI is InChI=1S/C16H36O4Si2/c1-15(2,3)21(7,8)19-12-13(11-14(17)18)20-22(9,10)16(4,5)6/h13H,11-12H2,1-10H3,(H,17,18)/t13-/m1/s1. The summed E-state index contributed by atoms with van der Waals surface area (Å²) in [6.07, 6.45) is -0.367. The smallest absolute Gasteiger partial charge is 0.306 e. The van der Waals surface area contributed by atoms with Crippen LogP contribution in [0.4, 0.5) is 0 Å². The molecule has 0 saturated heterocycles. The molecule has 1 N–H and O–H groups in total. The molecule has 0 saturated carbocycles. The van der Waals surface area contributed by atoms with Crippen molar-refractivity contribution in [1.29, 1.82) is 0 Å². The minimum atomic E-state index is -2.00. The first-order valence-corrected chi connectivity index (χ1v) is 13.8. The Bertz CT molecular complexity index is 379. The van der Waals surface area contributed by atoms with Crippen molar-refractivity contribution in [1.82, 2.24) is 0 Å². The zero-order valence-electron chi connectivity index (χ0n) is 16.2. The lowest BCUT2D eigenvalue weighted by atomic mass is 10.2. The quantitative estimate of drug-likeness (QED) is 0.667. The molecule has 0 aliphatic heterocycles. The van der Waals surface area contributed by atoms with Gasteiger partial charge in [0.2, 0.25) is 0 Å². The van der Waals surface area contributed by atoms with E-state index in [2.05, 4.69) is 67.7 Å². The highest BCUT2D eigenvalue weighted by Crippen LogP contribution is 2.39. The van der Waals surface area contributed by atoms with E-state index in [-0.39, 0.29) is 22.6 Å². The van der Waals surface area contributed by atoms with Gasteiger partial charge in [0.15, 0.2) is 16.6 Å². The van der Waals surface area contributed by atoms with Crippen molar-refractivity contribution in [2.75, 3.05) is 6.61 Å². The van der Waals surface area contributed by atoms with Gasteiger partial charge in [0, 0.05) is 0 Å². The van der Waals surface area contributed by atoms with E-state index in [9.17, 15) is 4.79 Å². The van der Waals surface area contributed by atoms with Gasteiger partial charge in [-0.3, -0.25) is 4.79 Å². The third-order valence-electron chi connectivity index (χ3n) is 5.11. The summed E-state index contributed by atoms with van der Waals surface area (Å²) in [5.41, 5.74) is 0. The number of carboxylic acid groups (broad SMARTS) is 1. The Hall–Kier alpha value is -0.176. The van der Waals surface area contributed by atoms with Crippen molar-refractivity contribution in [3.8, 4) is 0 Å². The van der Waals surface area contributed by atoms with E-state index in [1.807, 2.05) is 0 Å². The summed E-state index contributed by atoms with van der Waals surface area (Å²) < 4.78 is 12.5. The van der Waals surface area contributed by atoms with Crippen LogP contribution in [0.15, 0.2) is 0 Å². The molecule has 0 radical (unpaired) electrons. The van der Waals surface area contributed by atoms with E-state index < -0.39 is 22.6 Å². The van der Waals surface area contributed by atoms with Gasteiger partial charge in [0.25, 0.3) is 0 Å². The Morgan fingerprint density at radius 3 is 1.68 bits per heavy atom. The molecule has 22 heavy (non-hydrogen) atoms. The fourth-order valence-electron chi connectivity index (χ4n) is 1.44. The van der Waals surface area contributed by atoms with Crippen LogP contribution >= 0.6 is 0 Å². The predicted molar refractivity (Wildman–Crippen MR) is 97.5 cm³/mol. The molecule has 0 rings (SSSR count). The molecule has 0 aromatic rings. The van der Waals surface area contributed by atoms with Crippen molar-refractivity contribution >= 4 is 22.6 Å². The van der Waals surface area contributed by atoms with Crippen LogP contribution in [0.2, 0.25) is 36.3 Å². The maximum atomic E-state index is 11.2. The lowest BCUT2D eigenvalue weighted by Gasteiger charge is -2.41. The van der Waals surface area contributed by atoms with Crippen molar-refractivity contribution in [3.63, 3.8) is 0 Å². The Labute approximate surface area is 138 Å². The molecule has 0 heterocycles. The third kappa shape index (κ3) is 6.52. The van der Waals surface area contributed by atoms with Crippen LogP contribution in [0.3, 0.4) is 0 Å². The monoisotopic (exact) mass is 348 g/mol. The SMILES string of the molecule is CC(C)(C)[Si](C)(C)OC[C@@H](CC(=O)O)O[Si](C)(C)C(C)(C)C. The first-order valence-electron chi connectivity index (χ1n) is 8.03. The zero-order chi connectivity index (χ0) is 18.0. The summed E-state index contributed by atoms with van der Waals surface area (Å²) in [6.45, 7) is 22.0. The molecule has 132 valence electrons. The average molecular weight is 349 g/mol. The van der Waals surface area contributed by atoms with Gasteiger partial charge in [-0.05, 0) is 36.3 Å². The summed E-state index contributed by atoms with van der Waals surface area (Å²) in [5.74, 6) is -0.831. The maximum Gasteiger partial charge on any atom is 0.306 e. The average Bonchev–Trinajstić information content (AvgIpc) is 2.21. The molecule has 0 aromatic heterocycles. The summed E-state index contributed by atoms with van der Waals surface area (Å²) in [5, 5.41) is 9.33. The van der Waals surface area contributed by atoms with Gasteiger partial charge in [-0.2, -0.15) is 0 Å². The highest BCUT2D eigenvalue weighted by molar-refractivity contribution is 6.74. The first-order chi connectivity index (χ1) is 9.49. The molecule has 4 nitrogen and oxygen atoms in total. The lowest BCUT2D eigenvalue weighted by molar-refractivity contribution is -0.139. The Kier molecular flexibility index (Phi) is 7.10. The predicted octanol–water partition coefficient (Wildman–Crippen LogP) is 4.87. The normalized spacial score (nSPS) is 15.7. The van der Waals surface area contributed by atoms with Crippen LogP contribution in [-0.4, -0.2) is 40.4 Å². The van der Waals surface area contributed by atoms with E-state index in [4.69, 9.17) is 14.0 Å². The third-order valence-corrected chi connectivity index (χ3v) is 14.1. The van der Waals surface area contributed by atoms with Gasteiger partial charge in [-0.25, -0.2) is 0 Å². The van der Waals surface area contributed by atoms with Crippen molar-refractivity contribution < 1.29 is 18.8 Å². The van der Waals surface area contributed by atoms with Crippen LogP contribution in [-0.2, 0) is 13.6 Å². The van der Waals surface area contributed by atoms with Crippen molar-refractivity contribution in [2.45, 2.75) is 90.3 Å². The minimum Gasteiger partial charge on any atom is -0.481 e. The molecule has 0 bridgehead atoms. The molecular weight excluding hydrogens is 312 g/mol. The largest absolute Gasteiger partial charge is 0.481 e. The number of carboxylic acids is 1. The van der Waals surface area contributed by atoms with E-state index >= 15 is 0 Å². The second-order valence-corrected chi connectivity index (χ2v) is 18.7. The molecule has 0 spiro atoms. The number of rotatable bonds is 7. The van der Waals surface area contributed by atoms with Crippen LogP contribution < -0.4 is 0 Å². The van der Waals surface area contributed by atoms with Crippen LogP contribution in [0.5, 0.6) is 0 Å². The minimum absolute atomic E-state index is 0.00112. The second kappa shape index (κ2) is 7.15. The Morgan fingerprint density at radius 1 is 0.955 bits per heavy atom. The molecule has 6 heteroatoms. The van der Waals surface area contributed by atoms with Crippen LogP contribution in [0.25, 0.3) is 0 Å². The number of carbonyl (C=O) groups is 1. The topological polar surface area (TPSA) is 55.8 Å². The number of hydrogen-bond acceptors (Lipinski definition) is 3. The van der Waals surface area contributed by atoms with E-state index in [0.717, 1.165) is 0 Å². The fourth-order valence-corrected chi connectivity index (χ4v) is 3.81. The summed E-state index contributed by atoms with van der Waals surface area (Å²) in [6, 6.07) is 0. The van der Waals surface area contributed by atoms with Gasteiger partial charge >= 0.3 is 5.97 Å². The van der Waals surface area contributed by atoms with Crippen LogP contribution in [0, 0.1) is 0 Å². The van der Waals surface area contributed by atoms with Gasteiger partial charge in [0.05, 0.1) is 19.1 Å². The van der Waals surface area contributed by atoms with Crippen molar-refractivity contribution in [3.05, 3.63) is 0 Å². The van der Waals surface area contributed by atoms with Gasteiger partial charge < -0.3 is 14.0 Å². The molecule has 0 aliphatic rings. The highest BCUT2D eigenvalue weighted by Gasteiger charge is 2.41. The fraction of sp³-hybridized carbons (Fsp3) is 0.938. The molecule has 0 aromatic carbocycles. The molecule has 0 fully saturated rings. The summed E-state index contributed by atoms with van der Waals surface area (Å²) >= 11 is 0. The second-order valence-electron chi connectivity index (χ2n) is 9.17. The molecular formula is C16H36O4Si2. The number of hydrogen-bond donors (Lipinski definition) is 1. The van der Waals surface area contributed by atoms with Crippen molar-refractivity contribution in [2.24, 2.45) is 0 Å². The Morgan fingerprint density at radius 2 is 1.36 bits per heavy atom. The van der Waals surface area contributed by atoms with E-state index in [1.165, 1.54) is 0 Å². The maximum absolute atomic E-state index is 11.2. The Balaban J connectivity index is 4.99. The first kappa shape index (κ1) is 21.8. The molecule has 0 unspecified atom stereocenters. The zero-order valence-corrected chi connectivity index (χ0v) is 18.2. The molecule has 0 amide bonds. The highest BCUT2D eigenvalue weighted by atomic mass is 28.4. The van der Waals surface area contributed by atoms with E-state index in [0.29, 0.717) is 6.61 Å². The summed E-state index contributed by atoms with van der Waals surface area (Å²) in [4.78, 5) is 11.2. The van der Waals surface area contributed by atoms with Crippen LogP contribution in [0.1, 0.15) is 48.0 Å². The van der Waals surface area contributed by atoms with Gasteiger partial charge in [-0.15, -0.1) is 0 Å². The lowest BCUT2D eigenvalue weighted by Crippen LogP contribution is -2.48. The van der Waals surface area contributed by atoms with E-state index in [1.54, 1.807) is 0 Å². The number of aliphatic carboxylic acids is 1. The molecule has 0 aliphatic carbocycles. The van der Waals surface area contributed by atoms with Gasteiger partial charge in [-0.1, -0.05) is 41.5 Å². The van der Waals surface area contributed by atoms with Gasteiger partial charge in [0.1, 0.15) is 0 Å². The summed E-state index contributed by atoms with van der Waals surface area (Å²) in [7, 11) is -3.90.